The van der Waals surface area contributed by atoms with E-state index < -0.39 is 35.8 Å². The summed E-state index contributed by atoms with van der Waals surface area (Å²) in [6, 6.07) is 34.2. The normalized spacial score (nSPS) is 15.3. The predicted molar refractivity (Wildman–Crippen MR) is 358 cm³/mol. The first-order chi connectivity index (χ1) is 46.9. The number of alkyl halides is 3. The summed E-state index contributed by atoms with van der Waals surface area (Å²) in [5.74, 6) is -1.23. The second-order valence-electron chi connectivity index (χ2n) is 26.0. The van der Waals surface area contributed by atoms with E-state index in [-0.39, 0.29) is 86.3 Å². The number of carbonyl (C=O) groups is 3. The minimum absolute atomic E-state index is 0. The van der Waals surface area contributed by atoms with Gasteiger partial charge >= 0.3 is 75.7 Å². The molecule has 1 aliphatic carbocycles. The number of ether oxygens (including phenoxy) is 13. The first-order valence-corrected chi connectivity index (χ1v) is 34.1. The summed E-state index contributed by atoms with van der Waals surface area (Å²) in [5.41, 5.74) is 5.96. The van der Waals surface area contributed by atoms with Crippen LogP contribution in [-0.2, 0) is 28.4 Å². The van der Waals surface area contributed by atoms with Crippen molar-refractivity contribution in [2.75, 3.05) is 99.1 Å². The van der Waals surface area contributed by atoms with Crippen LogP contribution in [0.2, 0.25) is 0 Å². The largest absolute Gasteiger partial charge is 1.00 e. The molecule has 16 nitrogen and oxygen atoms in total. The van der Waals surface area contributed by atoms with E-state index in [1.807, 2.05) is 60.7 Å². The van der Waals surface area contributed by atoms with Crippen LogP contribution < -0.4 is 84.5 Å². The molecule has 0 unspecified atom stereocenters. The molecule has 98 heavy (non-hydrogen) atoms. The zero-order chi connectivity index (χ0) is 68.5. The molecule has 0 aromatic heterocycles. The van der Waals surface area contributed by atoms with Gasteiger partial charge in [0.15, 0.2) is 11.6 Å². The Balaban J connectivity index is 0.000000317. The smallest absolute Gasteiger partial charge is 1.00 e. The molecule has 0 atom stereocenters. The monoisotopic (exact) mass is 1390 g/mol. The fourth-order valence-corrected chi connectivity index (χ4v) is 11.4. The van der Waals surface area contributed by atoms with Crippen LogP contribution in [-0.4, -0.2) is 123 Å². The maximum atomic E-state index is 13.8. The van der Waals surface area contributed by atoms with Crippen LogP contribution in [0.4, 0.5) is 17.6 Å². The van der Waals surface area contributed by atoms with Gasteiger partial charge in [0, 0.05) is 48.0 Å². The van der Waals surface area contributed by atoms with Gasteiger partial charge in [0.2, 0.25) is 0 Å². The molecule has 3 heterocycles. The van der Waals surface area contributed by atoms with E-state index in [9.17, 15) is 31.9 Å². The summed E-state index contributed by atoms with van der Waals surface area (Å²) in [4.78, 5) is 38.4. The SMILES string of the molecule is CC1(COCCCCCCOc2ccc(C(=O)Oc3ccc(OC(F)(F)F)c(F)c3)cc2)COC1.CCC1(COCCCCCCOc2ccc(C(=O)Oc3ccc4c(c3)C(C)c3cc(OC(=O)c5ccc(OCCCCCCOCC6(CC)COC6)cc5)ccc3-4)cc2)COC1.[H-].[K+]. The summed E-state index contributed by atoms with van der Waals surface area (Å²) in [6.45, 7) is 19.9. The Morgan fingerprint density at radius 2 is 0.776 bits per heavy atom. The van der Waals surface area contributed by atoms with Gasteiger partial charge in [-0.3, -0.25) is 0 Å². The van der Waals surface area contributed by atoms with Crippen LogP contribution in [0.15, 0.2) is 127 Å². The van der Waals surface area contributed by atoms with Crippen molar-refractivity contribution in [1.82, 2.24) is 0 Å². The minimum Gasteiger partial charge on any atom is -1.00 e. The summed E-state index contributed by atoms with van der Waals surface area (Å²) in [7, 11) is 0. The third-order valence-corrected chi connectivity index (χ3v) is 18.0. The van der Waals surface area contributed by atoms with Crippen LogP contribution in [0.3, 0.4) is 0 Å². The fraction of sp³-hybridized carbons (Fsp3) is 0.494. The number of hydrogen-bond donors (Lipinski definition) is 0. The Bertz CT molecular complexity index is 3290. The Morgan fingerprint density at radius 1 is 0.449 bits per heavy atom. The van der Waals surface area contributed by atoms with E-state index in [0.29, 0.717) is 54.3 Å². The van der Waals surface area contributed by atoms with Gasteiger partial charge < -0.3 is 63.0 Å². The van der Waals surface area contributed by atoms with Gasteiger partial charge in [-0.1, -0.05) is 59.1 Å². The molecule has 0 spiro atoms. The molecule has 6 aromatic rings. The minimum atomic E-state index is -5.03. The van der Waals surface area contributed by atoms with Crippen molar-refractivity contribution in [1.29, 1.82) is 0 Å². The quantitative estimate of drug-likeness (QED) is 0.0117. The summed E-state index contributed by atoms with van der Waals surface area (Å²) in [5, 5.41) is 0. The molecule has 526 valence electrons. The van der Waals surface area contributed by atoms with Crippen molar-refractivity contribution in [2.24, 2.45) is 16.2 Å². The van der Waals surface area contributed by atoms with Gasteiger partial charge in [0.1, 0.15) is 34.5 Å². The molecule has 3 fully saturated rings. The third-order valence-electron chi connectivity index (χ3n) is 18.0. The van der Waals surface area contributed by atoms with Crippen molar-refractivity contribution in [2.45, 2.75) is 130 Å². The summed E-state index contributed by atoms with van der Waals surface area (Å²) in [6.07, 6.45) is 9.52. The van der Waals surface area contributed by atoms with E-state index >= 15 is 0 Å². The first-order valence-electron chi connectivity index (χ1n) is 34.1. The zero-order valence-corrected chi connectivity index (χ0v) is 60.4. The van der Waals surface area contributed by atoms with E-state index in [1.54, 1.807) is 36.4 Å². The summed E-state index contributed by atoms with van der Waals surface area (Å²) < 4.78 is 122. The molecule has 0 N–H and O–H groups in total. The number of halogens is 4. The van der Waals surface area contributed by atoms with E-state index in [0.717, 1.165) is 215 Å². The maximum absolute atomic E-state index is 13.8. The van der Waals surface area contributed by atoms with Gasteiger partial charge in [-0.05, 0) is 202 Å². The number of unbranched alkanes of at least 4 members (excludes halogenated alkanes) is 9. The molecule has 0 saturated carbocycles. The van der Waals surface area contributed by atoms with Crippen molar-refractivity contribution >= 4 is 17.9 Å². The van der Waals surface area contributed by atoms with Crippen LogP contribution in [0, 0.1) is 22.1 Å². The summed E-state index contributed by atoms with van der Waals surface area (Å²) >= 11 is 0. The van der Waals surface area contributed by atoms with Crippen molar-refractivity contribution in [3.63, 3.8) is 0 Å². The van der Waals surface area contributed by atoms with Crippen LogP contribution in [0.5, 0.6) is 40.2 Å². The molecular weight excluding hydrogens is 1300 g/mol. The molecule has 10 rings (SSSR count). The average Bonchev–Trinajstić information content (AvgIpc) is 1.61. The molecule has 21 heteroatoms. The molecule has 6 aromatic carbocycles. The van der Waals surface area contributed by atoms with Gasteiger partial charge in [0.25, 0.3) is 0 Å². The number of fused-ring (bicyclic) bond motifs is 3. The predicted octanol–water partition coefficient (Wildman–Crippen LogP) is 14.1. The molecule has 3 saturated heterocycles. The Labute approximate surface area is 617 Å². The number of carbonyl (C=O) groups excluding carboxylic acids is 3. The molecule has 0 bridgehead atoms. The second kappa shape index (κ2) is 38.7. The van der Waals surface area contributed by atoms with Gasteiger partial charge in [-0.2, -0.15) is 0 Å². The standard InChI is InChI=1S/C52H64O10.C25H28F4O6.K.H/c1-4-51(34-57-35-51)32-55-26-10-6-8-12-28-59-41-18-14-39(15-19-41)49(53)61-43-22-24-45-46-25-23-44(31-48(46)38(3)47(45)30-43)62-50(54)40-16-20-42(21-17-40)60-29-13-9-7-11-27-56-33-52(5-2)36-58-37-52;1-24(16-32-17-24)15-31-12-4-2-3-5-13-33-19-8-6-18(7-9-19)23(30)34-20-10-11-22(21(26)14-20)35-25(27,28)29;;/h14-25,30-31,38H,4-13,26-29,32-37H2,1-3H3;6-11,14H,2-5,12-13,15-17H2,1H3;;/q;;+1;-1. The van der Waals surface area contributed by atoms with E-state index in [4.69, 9.17) is 56.8 Å². The van der Waals surface area contributed by atoms with E-state index in [1.165, 1.54) is 12.1 Å². The Kier molecular flexibility index (Phi) is 30.7. The van der Waals surface area contributed by atoms with Gasteiger partial charge in [-0.15, -0.1) is 13.2 Å². The van der Waals surface area contributed by atoms with Gasteiger partial charge in [-0.25, -0.2) is 18.8 Å². The Morgan fingerprint density at radius 3 is 1.09 bits per heavy atom. The first kappa shape index (κ1) is 77.8. The van der Waals surface area contributed by atoms with Crippen molar-refractivity contribution < 1.29 is 146 Å². The number of rotatable bonds is 39. The maximum Gasteiger partial charge on any atom is 1.00 e. The topological polar surface area (TPSA) is 171 Å². The van der Waals surface area contributed by atoms with E-state index in [2.05, 4.69) is 32.4 Å². The Hall–Kier alpha value is -5.95. The van der Waals surface area contributed by atoms with Crippen LogP contribution in [0.25, 0.3) is 11.1 Å². The molecule has 0 amide bonds. The van der Waals surface area contributed by atoms with Gasteiger partial charge in [0.05, 0.1) is 96.0 Å². The number of hydrogen-bond acceptors (Lipinski definition) is 16. The molecule has 0 radical (unpaired) electrons. The van der Waals surface area contributed by atoms with Crippen LogP contribution >= 0.6 is 0 Å². The molecular formula is C77H93F4KO16. The van der Waals surface area contributed by atoms with Crippen molar-refractivity contribution in [3.8, 4) is 51.4 Å². The molecule has 4 aliphatic rings. The fourth-order valence-electron chi connectivity index (χ4n) is 11.4. The molecule has 3 aliphatic heterocycles. The number of benzene rings is 6. The third kappa shape index (κ3) is 23.8. The zero-order valence-electron chi connectivity index (χ0n) is 58.3. The van der Waals surface area contributed by atoms with Crippen molar-refractivity contribution in [3.05, 3.63) is 161 Å². The second-order valence-corrected chi connectivity index (χ2v) is 26.0. The average molecular weight is 1390 g/mol. The van der Waals surface area contributed by atoms with Crippen LogP contribution in [0.1, 0.15) is 167 Å². The number of esters is 3.